The molecular weight excluding hydrogens is 258 g/mol. The van der Waals surface area contributed by atoms with E-state index in [0.29, 0.717) is 17.5 Å². The number of hydrogen-bond donors (Lipinski definition) is 1. The van der Waals surface area contributed by atoms with Crippen LogP contribution < -0.4 is 10.1 Å². The second-order valence-electron chi connectivity index (χ2n) is 4.77. The number of benzene rings is 2. The Bertz CT molecular complexity index is 570. The molecule has 1 N–H and O–H groups in total. The predicted octanol–water partition coefficient (Wildman–Crippen LogP) is 4.32. The zero-order chi connectivity index (χ0) is 13.1. The van der Waals surface area contributed by atoms with Gasteiger partial charge in [0.05, 0.1) is 6.61 Å². The van der Waals surface area contributed by atoms with Gasteiger partial charge >= 0.3 is 0 Å². The highest BCUT2D eigenvalue weighted by Crippen LogP contribution is 2.31. The maximum atomic E-state index is 5.96. The van der Waals surface area contributed by atoms with E-state index in [9.17, 15) is 0 Å². The number of anilines is 1. The van der Waals surface area contributed by atoms with Crippen molar-refractivity contribution in [3.05, 3.63) is 59.1 Å². The summed E-state index contributed by atoms with van der Waals surface area (Å²) >= 11 is 5.96. The van der Waals surface area contributed by atoms with E-state index in [4.69, 9.17) is 16.3 Å². The van der Waals surface area contributed by atoms with Crippen molar-refractivity contribution in [2.24, 2.45) is 0 Å². The smallest absolute Gasteiger partial charge is 0.120 e. The van der Waals surface area contributed by atoms with E-state index in [0.717, 1.165) is 18.7 Å². The molecule has 0 fully saturated rings. The zero-order valence-corrected chi connectivity index (χ0v) is 11.4. The fourth-order valence-electron chi connectivity index (χ4n) is 2.48. The van der Waals surface area contributed by atoms with E-state index in [1.165, 1.54) is 11.3 Å². The monoisotopic (exact) mass is 273 g/mol. The molecule has 19 heavy (non-hydrogen) atoms. The highest BCUT2D eigenvalue weighted by molar-refractivity contribution is 6.30. The molecule has 0 aliphatic carbocycles. The molecule has 98 valence electrons. The van der Waals surface area contributed by atoms with Crippen LogP contribution in [-0.4, -0.2) is 13.2 Å². The lowest BCUT2D eigenvalue weighted by Crippen LogP contribution is -2.21. The zero-order valence-electron chi connectivity index (χ0n) is 10.6. The lowest BCUT2D eigenvalue weighted by Gasteiger charge is -2.26. The average Bonchev–Trinajstić information content (AvgIpc) is 2.45. The van der Waals surface area contributed by atoms with Gasteiger partial charge in [0.15, 0.2) is 0 Å². The number of rotatable bonds is 3. The first-order valence-corrected chi connectivity index (χ1v) is 6.92. The van der Waals surface area contributed by atoms with Crippen molar-refractivity contribution >= 4 is 17.3 Å². The Hall–Kier alpha value is -1.67. The van der Waals surface area contributed by atoms with E-state index in [2.05, 4.69) is 29.6 Å². The SMILES string of the molecule is Clc1cccc(OCC2CCNc3ccccc32)c1. The highest BCUT2D eigenvalue weighted by atomic mass is 35.5. The van der Waals surface area contributed by atoms with Crippen LogP contribution in [0.2, 0.25) is 5.02 Å². The Morgan fingerprint density at radius 1 is 1.16 bits per heavy atom. The van der Waals surface area contributed by atoms with Crippen LogP contribution in [0.3, 0.4) is 0 Å². The molecule has 1 heterocycles. The van der Waals surface area contributed by atoms with Crippen LogP contribution in [0.25, 0.3) is 0 Å². The molecule has 1 aliphatic heterocycles. The number of fused-ring (bicyclic) bond motifs is 1. The lowest BCUT2D eigenvalue weighted by molar-refractivity contribution is 0.282. The molecule has 0 aromatic heterocycles. The molecule has 0 bridgehead atoms. The van der Waals surface area contributed by atoms with Crippen molar-refractivity contribution in [2.45, 2.75) is 12.3 Å². The van der Waals surface area contributed by atoms with Crippen LogP contribution in [-0.2, 0) is 0 Å². The van der Waals surface area contributed by atoms with Crippen molar-refractivity contribution in [2.75, 3.05) is 18.5 Å². The summed E-state index contributed by atoms with van der Waals surface area (Å²) in [6.07, 6.45) is 1.09. The molecule has 0 spiro atoms. The maximum absolute atomic E-state index is 5.96. The second-order valence-corrected chi connectivity index (χ2v) is 5.20. The Balaban J connectivity index is 1.71. The number of ether oxygens (including phenoxy) is 1. The summed E-state index contributed by atoms with van der Waals surface area (Å²) in [7, 11) is 0. The summed E-state index contributed by atoms with van der Waals surface area (Å²) in [6, 6.07) is 16.0. The standard InChI is InChI=1S/C16H16ClNO/c17-13-4-3-5-14(10-13)19-11-12-8-9-18-16-7-2-1-6-15(12)16/h1-7,10,12,18H,8-9,11H2. The van der Waals surface area contributed by atoms with Gasteiger partial charge in [-0.3, -0.25) is 0 Å². The van der Waals surface area contributed by atoms with Gasteiger partial charge < -0.3 is 10.1 Å². The van der Waals surface area contributed by atoms with Crippen molar-refractivity contribution in [1.29, 1.82) is 0 Å². The first kappa shape index (κ1) is 12.4. The van der Waals surface area contributed by atoms with E-state index < -0.39 is 0 Å². The van der Waals surface area contributed by atoms with Gasteiger partial charge in [-0.05, 0) is 36.2 Å². The molecule has 0 radical (unpaired) electrons. The van der Waals surface area contributed by atoms with Crippen molar-refractivity contribution in [1.82, 2.24) is 0 Å². The summed E-state index contributed by atoms with van der Waals surface area (Å²) in [6.45, 7) is 1.69. The van der Waals surface area contributed by atoms with E-state index in [1.807, 2.05) is 24.3 Å². The largest absolute Gasteiger partial charge is 0.493 e. The first-order valence-electron chi connectivity index (χ1n) is 6.54. The molecule has 0 saturated carbocycles. The Labute approximate surface area is 118 Å². The molecule has 2 aromatic rings. The van der Waals surface area contributed by atoms with Crippen LogP contribution in [0.5, 0.6) is 5.75 Å². The third-order valence-corrected chi connectivity index (χ3v) is 3.69. The molecule has 2 aromatic carbocycles. The van der Waals surface area contributed by atoms with E-state index in [-0.39, 0.29) is 0 Å². The predicted molar refractivity (Wildman–Crippen MR) is 79.2 cm³/mol. The van der Waals surface area contributed by atoms with Gasteiger partial charge in [0.1, 0.15) is 5.75 Å². The highest BCUT2D eigenvalue weighted by Gasteiger charge is 2.19. The Morgan fingerprint density at radius 3 is 2.95 bits per heavy atom. The second kappa shape index (κ2) is 5.54. The quantitative estimate of drug-likeness (QED) is 0.899. The molecule has 3 rings (SSSR count). The fraction of sp³-hybridized carbons (Fsp3) is 0.250. The van der Waals surface area contributed by atoms with Crippen molar-refractivity contribution in [3.8, 4) is 5.75 Å². The van der Waals surface area contributed by atoms with E-state index >= 15 is 0 Å². The number of halogens is 1. The van der Waals surface area contributed by atoms with Gasteiger partial charge in [-0.25, -0.2) is 0 Å². The molecule has 0 saturated heterocycles. The van der Waals surface area contributed by atoms with Crippen molar-refractivity contribution < 1.29 is 4.74 Å². The maximum Gasteiger partial charge on any atom is 0.120 e. The van der Waals surface area contributed by atoms with Gasteiger partial charge in [-0.1, -0.05) is 35.9 Å². The average molecular weight is 274 g/mol. The first-order chi connectivity index (χ1) is 9.33. The Morgan fingerprint density at radius 2 is 2.05 bits per heavy atom. The summed E-state index contributed by atoms with van der Waals surface area (Å²) < 4.78 is 5.87. The summed E-state index contributed by atoms with van der Waals surface area (Å²) in [5, 5.41) is 4.13. The van der Waals surface area contributed by atoms with Crippen LogP contribution in [0.15, 0.2) is 48.5 Å². The third-order valence-electron chi connectivity index (χ3n) is 3.46. The van der Waals surface area contributed by atoms with Crippen LogP contribution in [0.1, 0.15) is 17.9 Å². The molecular formula is C16H16ClNO. The number of para-hydroxylation sites is 1. The normalized spacial score (nSPS) is 17.4. The van der Waals surface area contributed by atoms with Gasteiger partial charge in [0.25, 0.3) is 0 Å². The minimum absolute atomic E-state index is 0.441. The minimum atomic E-state index is 0.441. The molecule has 0 amide bonds. The molecule has 1 atom stereocenters. The van der Waals surface area contributed by atoms with Crippen molar-refractivity contribution in [3.63, 3.8) is 0 Å². The summed E-state index contributed by atoms with van der Waals surface area (Å²) in [5.74, 6) is 1.28. The number of hydrogen-bond acceptors (Lipinski definition) is 2. The lowest BCUT2D eigenvalue weighted by atomic mass is 9.92. The topological polar surface area (TPSA) is 21.3 Å². The Kier molecular flexibility index (Phi) is 3.60. The van der Waals surface area contributed by atoms with E-state index in [1.54, 1.807) is 0 Å². The fourth-order valence-corrected chi connectivity index (χ4v) is 2.66. The van der Waals surface area contributed by atoms with Crippen LogP contribution >= 0.6 is 11.6 Å². The third kappa shape index (κ3) is 2.85. The molecule has 3 heteroatoms. The minimum Gasteiger partial charge on any atom is -0.493 e. The summed E-state index contributed by atoms with van der Waals surface area (Å²) in [5.41, 5.74) is 2.57. The van der Waals surface area contributed by atoms with Gasteiger partial charge in [-0.2, -0.15) is 0 Å². The molecule has 2 nitrogen and oxygen atoms in total. The van der Waals surface area contributed by atoms with Gasteiger partial charge in [0, 0.05) is 23.2 Å². The van der Waals surface area contributed by atoms with Crippen LogP contribution in [0, 0.1) is 0 Å². The van der Waals surface area contributed by atoms with Crippen LogP contribution in [0.4, 0.5) is 5.69 Å². The molecule has 1 unspecified atom stereocenters. The number of nitrogens with one attached hydrogen (secondary N) is 1. The summed E-state index contributed by atoms with van der Waals surface area (Å²) in [4.78, 5) is 0. The molecule has 1 aliphatic rings. The van der Waals surface area contributed by atoms with Gasteiger partial charge in [-0.15, -0.1) is 0 Å². The van der Waals surface area contributed by atoms with Gasteiger partial charge in [0.2, 0.25) is 0 Å².